The number of rotatable bonds is 4. The van der Waals surface area contributed by atoms with Crippen LogP contribution >= 0.6 is 0 Å². The predicted octanol–water partition coefficient (Wildman–Crippen LogP) is 1.69. The molecule has 1 unspecified atom stereocenters. The number of carbonyl (C=O) groups excluding carboxylic acids is 2. The van der Waals surface area contributed by atoms with Crippen LogP contribution in [0.25, 0.3) is 0 Å². The van der Waals surface area contributed by atoms with E-state index in [9.17, 15) is 18.4 Å². The first-order chi connectivity index (χ1) is 11.2. The van der Waals surface area contributed by atoms with Crippen molar-refractivity contribution in [1.29, 1.82) is 5.26 Å². The molecule has 1 aliphatic heterocycles. The number of alkyl halides is 2. The summed E-state index contributed by atoms with van der Waals surface area (Å²) in [5, 5.41) is 11.3. The van der Waals surface area contributed by atoms with Crippen molar-refractivity contribution >= 4 is 11.8 Å². The Bertz CT molecular complexity index is 685. The lowest BCUT2D eigenvalue weighted by atomic mass is 9.99. The number of nitriles is 1. The molecule has 1 aliphatic rings. The van der Waals surface area contributed by atoms with Crippen molar-refractivity contribution in [2.24, 2.45) is 0 Å². The Labute approximate surface area is 138 Å². The number of amides is 2. The monoisotopic (exact) mass is 336 g/mol. The molecule has 2 rings (SSSR count). The highest BCUT2D eigenvalue weighted by Gasteiger charge is 2.47. The van der Waals surface area contributed by atoms with Crippen molar-refractivity contribution in [3.8, 4) is 6.07 Å². The normalized spacial score (nSPS) is 19.2. The molecule has 6 nitrogen and oxygen atoms in total. The van der Waals surface area contributed by atoms with Crippen LogP contribution in [0.2, 0.25) is 0 Å². The molecule has 1 atom stereocenters. The van der Waals surface area contributed by atoms with Crippen LogP contribution in [0.5, 0.6) is 0 Å². The molecule has 24 heavy (non-hydrogen) atoms. The van der Waals surface area contributed by atoms with Gasteiger partial charge in [0.1, 0.15) is 6.04 Å². The molecule has 1 aromatic rings. The smallest absolute Gasteiger partial charge is 0.268 e. The molecule has 128 valence electrons. The molecule has 0 aliphatic carbocycles. The average molecular weight is 336 g/mol. The van der Waals surface area contributed by atoms with E-state index in [2.05, 4.69) is 10.3 Å². The molecule has 0 spiro atoms. The third-order valence-corrected chi connectivity index (χ3v) is 3.86. The third kappa shape index (κ3) is 3.85. The van der Waals surface area contributed by atoms with Gasteiger partial charge >= 0.3 is 0 Å². The minimum Gasteiger partial charge on any atom is -0.343 e. The van der Waals surface area contributed by atoms with E-state index < -0.39 is 43.3 Å². The Morgan fingerprint density at radius 3 is 2.88 bits per heavy atom. The minimum absolute atomic E-state index is 0.0652. The van der Waals surface area contributed by atoms with Gasteiger partial charge < -0.3 is 10.2 Å². The maximum atomic E-state index is 13.4. The molecule has 8 heteroatoms. The molecule has 1 saturated heterocycles. The zero-order valence-electron chi connectivity index (χ0n) is 13.4. The van der Waals surface area contributed by atoms with E-state index in [4.69, 9.17) is 5.26 Å². The number of hydrogen-bond donors (Lipinski definition) is 1. The highest BCUT2D eigenvalue weighted by Crippen LogP contribution is 2.31. The molecule has 1 fully saturated rings. The Kier molecular flexibility index (Phi) is 5.12. The zero-order valence-corrected chi connectivity index (χ0v) is 13.4. The fourth-order valence-electron chi connectivity index (χ4n) is 2.62. The van der Waals surface area contributed by atoms with E-state index in [-0.39, 0.29) is 5.92 Å². The average Bonchev–Trinajstić information content (AvgIpc) is 2.87. The second-order valence-corrected chi connectivity index (χ2v) is 6.03. The van der Waals surface area contributed by atoms with Crippen molar-refractivity contribution in [1.82, 2.24) is 15.2 Å². The van der Waals surface area contributed by atoms with Crippen molar-refractivity contribution in [3.63, 3.8) is 0 Å². The summed E-state index contributed by atoms with van der Waals surface area (Å²) in [6.45, 7) is 2.57. The Morgan fingerprint density at radius 2 is 2.25 bits per heavy atom. The van der Waals surface area contributed by atoms with E-state index in [0.29, 0.717) is 5.56 Å². The van der Waals surface area contributed by atoms with Crippen LogP contribution < -0.4 is 5.32 Å². The SMILES string of the molecule is CC(C)c1cnccc1C(=O)NCC(=O)N1CC(F)(F)CC1C#N. The van der Waals surface area contributed by atoms with Gasteiger partial charge in [-0.3, -0.25) is 14.6 Å². The largest absolute Gasteiger partial charge is 0.343 e. The van der Waals surface area contributed by atoms with Crippen LogP contribution in [0.4, 0.5) is 8.78 Å². The number of nitrogens with one attached hydrogen (secondary N) is 1. The molecule has 2 amide bonds. The van der Waals surface area contributed by atoms with Gasteiger partial charge in [0.05, 0.1) is 19.2 Å². The molecular weight excluding hydrogens is 318 g/mol. The van der Waals surface area contributed by atoms with Crippen molar-refractivity contribution in [2.75, 3.05) is 13.1 Å². The van der Waals surface area contributed by atoms with Gasteiger partial charge in [-0.1, -0.05) is 13.8 Å². The number of nitrogens with zero attached hydrogens (tertiary/aromatic N) is 3. The lowest BCUT2D eigenvalue weighted by Gasteiger charge is -2.19. The van der Waals surface area contributed by atoms with Gasteiger partial charge in [0, 0.05) is 24.4 Å². The van der Waals surface area contributed by atoms with E-state index >= 15 is 0 Å². The van der Waals surface area contributed by atoms with Gasteiger partial charge in [-0.25, -0.2) is 8.78 Å². The summed E-state index contributed by atoms with van der Waals surface area (Å²) in [7, 11) is 0. The van der Waals surface area contributed by atoms with Crippen LogP contribution in [0.3, 0.4) is 0 Å². The van der Waals surface area contributed by atoms with Crippen LogP contribution in [-0.4, -0.2) is 46.8 Å². The quantitative estimate of drug-likeness (QED) is 0.907. The summed E-state index contributed by atoms with van der Waals surface area (Å²) in [5.41, 5.74) is 1.11. The molecule has 0 aromatic carbocycles. The standard InChI is InChI=1S/C16H18F2N4O2/c1-10(2)13-7-20-4-3-12(13)15(24)21-8-14(23)22-9-16(17,18)5-11(22)6-19/h3-4,7,10-11H,5,8-9H2,1-2H3,(H,21,24). The lowest BCUT2D eigenvalue weighted by Crippen LogP contribution is -2.43. The second kappa shape index (κ2) is 6.91. The molecule has 1 aromatic heterocycles. The number of aromatic nitrogens is 1. The van der Waals surface area contributed by atoms with Crippen LogP contribution in [0.15, 0.2) is 18.5 Å². The number of hydrogen-bond acceptors (Lipinski definition) is 4. The topological polar surface area (TPSA) is 86.1 Å². The van der Waals surface area contributed by atoms with Gasteiger partial charge in [-0.05, 0) is 17.5 Å². The highest BCUT2D eigenvalue weighted by molar-refractivity contribution is 5.97. The number of pyridine rings is 1. The Balaban J connectivity index is 2.02. The van der Waals surface area contributed by atoms with E-state index in [1.165, 1.54) is 12.3 Å². The summed E-state index contributed by atoms with van der Waals surface area (Å²) in [4.78, 5) is 29.1. The van der Waals surface area contributed by atoms with Crippen molar-refractivity contribution in [3.05, 3.63) is 29.6 Å². The first kappa shape index (κ1) is 17.8. The van der Waals surface area contributed by atoms with E-state index in [1.54, 1.807) is 12.3 Å². The molecule has 2 heterocycles. The van der Waals surface area contributed by atoms with Gasteiger partial charge in [0.15, 0.2) is 0 Å². The molecule has 0 radical (unpaired) electrons. The maximum absolute atomic E-state index is 13.4. The Morgan fingerprint density at radius 1 is 1.54 bits per heavy atom. The highest BCUT2D eigenvalue weighted by atomic mass is 19.3. The first-order valence-electron chi connectivity index (χ1n) is 7.54. The predicted molar refractivity (Wildman–Crippen MR) is 81.3 cm³/mol. The van der Waals surface area contributed by atoms with Crippen molar-refractivity contribution in [2.45, 2.75) is 38.2 Å². The summed E-state index contributed by atoms with van der Waals surface area (Å²) < 4.78 is 26.7. The second-order valence-electron chi connectivity index (χ2n) is 6.03. The summed E-state index contributed by atoms with van der Waals surface area (Å²) in [6, 6.07) is 2.07. The molecule has 0 saturated carbocycles. The first-order valence-corrected chi connectivity index (χ1v) is 7.54. The maximum Gasteiger partial charge on any atom is 0.268 e. The van der Waals surface area contributed by atoms with Crippen LogP contribution in [-0.2, 0) is 4.79 Å². The number of carbonyl (C=O) groups is 2. The molecular formula is C16H18F2N4O2. The van der Waals surface area contributed by atoms with E-state index in [0.717, 1.165) is 10.5 Å². The fourth-order valence-corrected chi connectivity index (χ4v) is 2.62. The van der Waals surface area contributed by atoms with Gasteiger partial charge in [0.25, 0.3) is 11.8 Å². The van der Waals surface area contributed by atoms with E-state index in [1.807, 2.05) is 13.8 Å². The van der Waals surface area contributed by atoms with Gasteiger partial charge in [-0.2, -0.15) is 5.26 Å². The molecule has 0 bridgehead atoms. The summed E-state index contributed by atoms with van der Waals surface area (Å²) in [5.74, 6) is -4.19. The molecule has 1 N–H and O–H groups in total. The van der Waals surface area contributed by atoms with Crippen LogP contribution in [0, 0.1) is 11.3 Å². The Hall–Kier alpha value is -2.56. The summed E-state index contributed by atoms with van der Waals surface area (Å²) in [6.07, 6.45) is 2.37. The zero-order chi connectivity index (χ0) is 17.9. The van der Waals surface area contributed by atoms with Gasteiger partial charge in [-0.15, -0.1) is 0 Å². The minimum atomic E-state index is -3.07. The van der Waals surface area contributed by atoms with Gasteiger partial charge in [0.2, 0.25) is 5.91 Å². The summed E-state index contributed by atoms with van der Waals surface area (Å²) >= 11 is 0. The number of halogens is 2. The number of likely N-dealkylation sites (tertiary alicyclic amines) is 1. The third-order valence-electron chi connectivity index (χ3n) is 3.86. The van der Waals surface area contributed by atoms with Crippen molar-refractivity contribution < 1.29 is 18.4 Å². The fraction of sp³-hybridized carbons (Fsp3) is 0.500. The van der Waals surface area contributed by atoms with Crippen LogP contribution in [0.1, 0.15) is 42.1 Å². The lowest BCUT2D eigenvalue weighted by molar-refractivity contribution is -0.131.